The molecular weight excluding hydrogens is 849 g/mol. The van der Waals surface area contributed by atoms with Crippen molar-refractivity contribution < 1.29 is 0 Å². The Morgan fingerprint density at radius 3 is 1.97 bits per heavy atom. The lowest BCUT2D eigenvalue weighted by Gasteiger charge is -2.39. The SMILES string of the molecule is C=C/C=C(\C=C)c1ccc(/C(=C/C(=NCc2ccc(C(CCC)(CCC)C3=CCC(C)(c4nc(C5=CCC(C)C=C5)cc(-c5ccc(-c6ccccc6)cc5)n4)C=C3)cc2)c2ccccc2)N=C)cc1. The molecule has 0 saturated carbocycles. The number of hydrogen-bond donors (Lipinski definition) is 0. The third-order valence-corrected chi connectivity index (χ3v) is 13.9. The fourth-order valence-electron chi connectivity index (χ4n) is 9.88. The van der Waals surface area contributed by atoms with Crippen LogP contribution in [0.2, 0.25) is 0 Å². The van der Waals surface area contributed by atoms with Crippen molar-refractivity contribution >= 4 is 29.3 Å². The van der Waals surface area contributed by atoms with Crippen molar-refractivity contribution in [1.82, 2.24) is 9.97 Å². The first-order chi connectivity index (χ1) is 34.2. The average Bonchev–Trinajstić information content (AvgIpc) is 3.41. The maximum Gasteiger partial charge on any atom is 0.139 e. The van der Waals surface area contributed by atoms with E-state index in [1.165, 1.54) is 22.3 Å². The number of aliphatic imine (C=N–C) groups is 2. The molecule has 0 radical (unpaired) electrons. The van der Waals surface area contributed by atoms with Crippen LogP contribution in [0.1, 0.15) is 106 Å². The van der Waals surface area contributed by atoms with Crippen LogP contribution >= 0.6 is 0 Å². The van der Waals surface area contributed by atoms with E-state index in [2.05, 4.69) is 210 Å². The molecule has 0 fully saturated rings. The molecule has 2 atom stereocenters. The maximum absolute atomic E-state index is 5.37. The van der Waals surface area contributed by atoms with Crippen molar-refractivity contribution in [3.8, 4) is 22.4 Å². The predicted octanol–water partition coefficient (Wildman–Crippen LogP) is 17.0. The Balaban J connectivity index is 1.07. The molecule has 1 aromatic heterocycles. The molecule has 2 aliphatic carbocycles. The van der Waals surface area contributed by atoms with E-state index in [0.717, 1.165) is 106 Å². The van der Waals surface area contributed by atoms with E-state index in [1.54, 1.807) is 6.08 Å². The topological polar surface area (TPSA) is 50.5 Å². The van der Waals surface area contributed by atoms with Gasteiger partial charge in [-0.05, 0) is 107 Å². The van der Waals surface area contributed by atoms with Gasteiger partial charge in [0.1, 0.15) is 5.82 Å². The van der Waals surface area contributed by atoms with Crippen LogP contribution < -0.4 is 0 Å². The van der Waals surface area contributed by atoms with Gasteiger partial charge in [-0.3, -0.25) is 9.98 Å². The summed E-state index contributed by atoms with van der Waals surface area (Å²) >= 11 is 0. The summed E-state index contributed by atoms with van der Waals surface area (Å²) in [5.41, 5.74) is 15.6. The lowest BCUT2D eigenvalue weighted by molar-refractivity contribution is 0.417. The first kappa shape index (κ1) is 48.9. The van der Waals surface area contributed by atoms with E-state index in [9.17, 15) is 0 Å². The van der Waals surface area contributed by atoms with Crippen molar-refractivity contribution in [3.63, 3.8) is 0 Å². The van der Waals surface area contributed by atoms with Gasteiger partial charge < -0.3 is 0 Å². The summed E-state index contributed by atoms with van der Waals surface area (Å²) in [5.74, 6) is 1.37. The lowest BCUT2D eigenvalue weighted by Crippen LogP contribution is -2.32. The monoisotopic (exact) mass is 915 g/mol. The largest absolute Gasteiger partial charge is 0.280 e. The van der Waals surface area contributed by atoms with Gasteiger partial charge in [0, 0.05) is 22.0 Å². The van der Waals surface area contributed by atoms with Gasteiger partial charge in [0.15, 0.2) is 0 Å². The fraction of sp³-hybridized carbons (Fsp3) is 0.212. The average molecular weight is 915 g/mol. The van der Waals surface area contributed by atoms with Gasteiger partial charge in [-0.15, -0.1) is 0 Å². The molecule has 0 bridgehead atoms. The summed E-state index contributed by atoms with van der Waals surface area (Å²) in [4.78, 5) is 20.4. The number of hydrogen-bond acceptors (Lipinski definition) is 4. The summed E-state index contributed by atoms with van der Waals surface area (Å²) in [6.45, 7) is 21.5. The molecule has 0 amide bonds. The van der Waals surface area contributed by atoms with Crippen LogP contribution in [0, 0.1) is 5.92 Å². The van der Waals surface area contributed by atoms with Crippen LogP contribution in [0.4, 0.5) is 0 Å². The quantitative estimate of drug-likeness (QED) is 0.0600. The van der Waals surface area contributed by atoms with E-state index in [1.807, 2.05) is 36.4 Å². The van der Waals surface area contributed by atoms with E-state index >= 15 is 0 Å². The summed E-state index contributed by atoms with van der Waals surface area (Å²) in [5, 5.41) is 0. The Bertz CT molecular complexity index is 3010. The lowest BCUT2D eigenvalue weighted by atomic mass is 9.65. The Morgan fingerprint density at radius 2 is 1.37 bits per heavy atom. The Labute approximate surface area is 417 Å². The summed E-state index contributed by atoms with van der Waals surface area (Å²) < 4.78 is 0. The number of nitrogens with zero attached hydrogens (tertiary/aromatic N) is 4. The van der Waals surface area contributed by atoms with Crippen LogP contribution in [-0.4, -0.2) is 22.4 Å². The van der Waals surface area contributed by atoms with Gasteiger partial charge in [0.2, 0.25) is 0 Å². The standard InChI is InChI=1S/C66H66N4/c1-8-18-50(11-4)52-29-33-55(34-30-52)60(67-7)45-61(54-21-16-13-17-22-54)68-47-49-25-37-58(38-26-49)66(41-9-2,42-10-3)59-39-43-65(6,44-40-59)64-69-62(56-27-23-48(5)24-28-56)46-63(70-64)57-35-31-53(32-36-57)51-19-14-12-15-20-51/h8,11-23,25-40,43,45-46,48H,1,4,7,9-10,24,41-42,44,47H2,2-3,5-6H3/b50-18+,60-45-,68-61?. The molecule has 5 aromatic carbocycles. The van der Waals surface area contributed by atoms with Crippen LogP contribution in [0.3, 0.4) is 0 Å². The van der Waals surface area contributed by atoms with Crippen LogP contribution in [0.25, 0.3) is 39.2 Å². The van der Waals surface area contributed by atoms with Crippen molar-refractivity contribution in [1.29, 1.82) is 0 Å². The molecule has 0 aliphatic heterocycles. The van der Waals surface area contributed by atoms with Crippen LogP contribution in [-0.2, 0) is 17.4 Å². The molecule has 2 unspecified atom stereocenters. The number of allylic oxidation sites excluding steroid dienone is 13. The predicted molar refractivity (Wildman–Crippen MR) is 300 cm³/mol. The highest BCUT2D eigenvalue weighted by Crippen LogP contribution is 2.46. The maximum atomic E-state index is 5.37. The van der Waals surface area contributed by atoms with Crippen LogP contribution in [0.5, 0.6) is 0 Å². The molecule has 2 aliphatic rings. The molecule has 8 rings (SSSR count). The van der Waals surface area contributed by atoms with Gasteiger partial charge in [-0.2, -0.15) is 0 Å². The first-order valence-electron chi connectivity index (χ1n) is 25.0. The summed E-state index contributed by atoms with van der Waals surface area (Å²) in [6.07, 6.45) is 27.8. The molecule has 4 heteroatoms. The molecule has 350 valence electrons. The Morgan fingerprint density at radius 1 is 0.729 bits per heavy atom. The van der Waals surface area contributed by atoms with Crippen molar-refractivity contribution in [2.45, 2.75) is 83.6 Å². The molecule has 1 heterocycles. The highest BCUT2D eigenvalue weighted by Gasteiger charge is 2.38. The second-order valence-corrected chi connectivity index (χ2v) is 18.9. The van der Waals surface area contributed by atoms with Crippen LogP contribution in [0.15, 0.2) is 229 Å². The van der Waals surface area contributed by atoms with Gasteiger partial charge in [0.25, 0.3) is 0 Å². The third-order valence-electron chi connectivity index (χ3n) is 13.9. The third kappa shape index (κ3) is 11.1. The van der Waals surface area contributed by atoms with E-state index in [4.69, 9.17) is 15.0 Å². The van der Waals surface area contributed by atoms with Gasteiger partial charge >= 0.3 is 0 Å². The molecule has 4 nitrogen and oxygen atoms in total. The highest BCUT2D eigenvalue weighted by atomic mass is 14.9. The summed E-state index contributed by atoms with van der Waals surface area (Å²) in [6, 6.07) is 49.3. The molecular formula is C66H66N4. The number of aromatic nitrogens is 2. The molecule has 0 spiro atoms. The van der Waals surface area contributed by atoms with Crippen molar-refractivity contribution in [2.24, 2.45) is 15.9 Å². The zero-order chi connectivity index (χ0) is 48.9. The zero-order valence-corrected chi connectivity index (χ0v) is 41.5. The Kier molecular flexibility index (Phi) is 15.8. The summed E-state index contributed by atoms with van der Waals surface area (Å²) in [7, 11) is 0. The minimum atomic E-state index is -0.385. The minimum absolute atomic E-state index is 0.127. The van der Waals surface area contributed by atoms with E-state index in [-0.39, 0.29) is 10.8 Å². The van der Waals surface area contributed by atoms with Gasteiger partial charge in [0.05, 0.1) is 29.3 Å². The van der Waals surface area contributed by atoms with Gasteiger partial charge in [-0.1, -0.05) is 235 Å². The van der Waals surface area contributed by atoms with Crippen molar-refractivity contribution in [2.75, 3.05) is 0 Å². The second-order valence-electron chi connectivity index (χ2n) is 18.9. The molecule has 0 N–H and O–H groups in total. The van der Waals surface area contributed by atoms with Gasteiger partial charge in [-0.25, -0.2) is 9.97 Å². The minimum Gasteiger partial charge on any atom is -0.280 e. The number of rotatable bonds is 19. The Hall–Kier alpha value is -7.56. The normalized spacial score (nSPS) is 17.4. The number of benzene rings is 5. The second kappa shape index (κ2) is 22.7. The van der Waals surface area contributed by atoms with E-state index < -0.39 is 0 Å². The molecule has 0 saturated heterocycles. The highest BCUT2D eigenvalue weighted by molar-refractivity contribution is 6.12. The smallest absolute Gasteiger partial charge is 0.139 e. The van der Waals surface area contributed by atoms with Crippen molar-refractivity contribution in [3.05, 3.63) is 258 Å². The molecule has 70 heavy (non-hydrogen) atoms. The first-order valence-corrected chi connectivity index (χ1v) is 25.0. The zero-order valence-electron chi connectivity index (χ0n) is 41.5. The van der Waals surface area contributed by atoms with E-state index in [0.29, 0.717) is 12.5 Å². The fourth-order valence-corrected chi connectivity index (χ4v) is 9.88. The molecule has 6 aromatic rings.